The van der Waals surface area contributed by atoms with Gasteiger partial charge in [-0.1, -0.05) is 54.0 Å². The monoisotopic (exact) mass is 490 g/mol. The summed E-state index contributed by atoms with van der Waals surface area (Å²) < 4.78 is 0. The Kier molecular flexibility index (Phi) is 7.50. The van der Waals surface area contributed by atoms with Gasteiger partial charge in [-0.2, -0.15) is 16.4 Å². The molecule has 0 saturated carbocycles. The van der Waals surface area contributed by atoms with Gasteiger partial charge in [-0.05, 0) is 36.4 Å². The minimum Gasteiger partial charge on any atom is -0.662 e. The van der Waals surface area contributed by atoms with Gasteiger partial charge >= 0.3 is 17.1 Å². The minimum absolute atomic E-state index is 0. The molecule has 5 aromatic heterocycles. The molecule has 0 aliphatic carbocycles. The number of nitrogens with zero attached hydrogens (tertiary/aromatic N) is 6. The molecule has 0 bridgehead atoms. The van der Waals surface area contributed by atoms with Gasteiger partial charge in [0.2, 0.25) is 0 Å². The molecule has 0 amide bonds. The van der Waals surface area contributed by atoms with Gasteiger partial charge in [0, 0.05) is 35.3 Å². The van der Waals surface area contributed by atoms with E-state index in [-0.39, 0.29) is 17.1 Å². The van der Waals surface area contributed by atoms with E-state index in [0.717, 1.165) is 44.8 Å². The first-order chi connectivity index (χ1) is 16.4. The molecular formula is C27H19CuN6. The van der Waals surface area contributed by atoms with Crippen LogP contribution in [0.2, 0.25) is 0 Å². The van der Waals surface area contributed by atoms with Gasteiger partial charge in [-0.15, -0.1) is 0 Å². The Labute approximate surface area is 207 Å². The van der Waals surface area contributed by atoms with Gasteiger partial charge < -0.3 is 4.98 Å². The van der Waals surface area contributed by atoms with Crippen LogP contribution in [0.4, 0.5) is 0 Å². The van der Waals surface area contributed by atoms with Crippen LogP contribution in [0.25, 0.3) is 44.8 Å². The molecule has 0 spiro atoms. The van der Waals surface area contributed by atoms with E-state index in [0.29, 0.717) is 0 Å². The second kappa shape index (κ2) is 11.1. The maximum Gasteiger partial charge on any atom is 1.00 e. The Morgan fingerprint density at radius 3 is 1.53 bits per heavy atom. The Balaban J connectivity index is 0.000000159. The normalized spacial score (nSPS) is 10.1. The quantitative estimate of drug-likeness (QED) is 0.306. The fourth-order valence-corrected chi connectivity index (χ4v) is 3.51. The predicted octanol–water partition coefficient (Wildman–Crippen LogP) is 5.46. The van der Waals surface area contributed by atoms with Crippen LogP contribution in [0.15, 0.2) is 116 Å². The molecular weight excluding hydrogens is 472 g/mol. The zero-order valence-corrected chi connectivity index (χ0v) is 18.9. The van der Waals surface area contributed by atoms with Crippen molar-refractivity contribution >= 4 is 11.0 Å². The first-order valence-corrected chi connectivity index (χ1v) is 10.5. The summed E-state index contributed by atoms with van der Waals surface area (Å²) in [4.78, 5) is 17.3. The van der Waals surface area contributed by atoms with Gasteiger partial charge in [-0.25, -0.2) is 0 Å². The molecule has 0 unspecified atom stereocenters. The van der Waals surface area contributed by atoms with Crippen LogP contribution < -0.4 is 4.98 Å². The van der Waals surface area contributed by atoms with Crippen LogP contribution in [-0.2, 0) is 17.1 Å². The maximum absolute atomic E-state index is 4.41. The third-order valence-electron chi connectivity index (χ3n) is 5.04. The van der Waals surface area contributed by atoms with Crippen molar-refractivity contribution in [3.63, 3.8) is 0 Å². The smallest absolute Gasteiger partial charge is 0.662 e. The van der Waals surface area contributed by atoms with E-state index in [1.54, 1.807) is 18.6 Å². The zero-order valence-electron chi connectivity index (χ0n) is 18.0. The first kappa shape index (κ1) is 23.0. The molecule has 0 aliphatic heterocycles. The van der Waals surface area contributed by atoms with Crippen molar-refractivity contribution in [2.45, 2.75) is 0 Å². The summed E-state index contributed by atoms with van der Waals surface area (Å²) in [6.45, 7) is 0. The average molecular weight is 491 g/mol. The molecule has 0 atom stereocenters. The van der Waals surface area contributed by atoms with Crippen molar-refractivity contribution in [3.8, 4) is 33.8 Å². The molecule has 7 heteroatoms. The Morgan fingerprint density at radius 2 is 1.03 bits per heavy atom. The van der Waals surface area contributed by atoms with Crippen molar-refractivity contribution in [2.75, 3.05) is 0 Å². The Morgan fingerprint density at radius 1 is 0.529 bits per heavy atom. The molecule has 0 radical (unpaired) electrons. The number of hydrogen-bond acceptors (Lipinski definition) is 5. The fraction of sp³-hybridized carbons (Fsp3) is 0. The average Bonchev–Trinajstić information content (AvgIpc) is 3.40. The summed E-state index contributed by atoms with van der Waals surface area (Å²) in [6, 6.07) is 27.7. The number of fused-ring (bicyclic) bond motifs is 1. The van der Waals surface area contributed by atoms with E-state index >= 15 is 0 Å². The summed E-state index contributed by atoms with van der Waals surface area (Å²) in [6.07, 6.45) is 8.79. The molecule has 0 saturated heterocycles. The van der Waals surface area contributed by atoms with Gasteiger partial charge in [0.15, 0.2) is 0 Å². The van der Waals surface area contributed by atoms with Crippen molar-refractivity contribution in [2.24, 2.45) is 0 Å². The maximum atomic E-state index is 4.41. The summed E-state index contributed by atoms with van der Waals surface area (Å²) >= 11 is 0. The summed E-state index contributed by atoms with van der Waals surface area (Å²) in [5, 5.41) is 7.92. The topological polar surface area (TPSA) is 78.5 Å². The molecule has 1 aromatic carbocycles. The summed E-state index contributed by atoms with van der Waals surface area (Å²) in [7, 11) is 0. The molecule has 34 heavy (non-hydrogen) atoms. The van der Waals surface area contributed by atoms with Crippen molar-refractivity contribution < 1.29 is 17.1 Å². The molecule has 6 aromatic rings. The van der Waals surface area contributed by atoms with E-state index in [1.165, 1.54) is 0 Å². The summed E-state index contributed by atoms with van der Waals surface area (Å²) in [5.41, 5.74) is 7.61. The fourth-order valence-electron chi connectivity index (χ4n) is 3.51. The number of hydrogen-bond donors (Lipinski definition) is 0. The Hall–Kier alpha value is -4.19. The largest absolute Gasteiger partial charge is 1.00 e. The number of aromatic nitrogens is 6. The van der Waals surface area contributed by atoms with Crippen molar-refractivity contribution in [1.29, 1.82) is 0 Å². The first-order valence-electron chi connectivity index (χ1n) is 10.5. The third kappa shape index (κ3) is 5.07. The predicted molar refractivity (Wildman–Crippen MR) is 129 cm³/mol. The van der Waals surface area contributed by atoms with E-state index < -0.39 is 0 Å². The standard InChI is InChI=1S/C16H12N2.C11H7N4.Cu/c1-2-8-14(16-10-4-6-12-18-16)13(7-1)15-9-3-5-11-17-15;1-2-5-12-9(3-1)8-7-14-15-10-4-6-13-11(8)10;/h1-12H;1-7H;/q;-1;+1. The van der Waals surface area contributed by atoms with Crippen LogP contribution >= 0.6 is 0 Å². The van der Waals surface area contributed by atoms with Crippen LogP contribution in [0, 0.1) is 0 Å². The van der Waals surface area contributed by atoms with Crippen LogP contribution in [0.3, 0.4) is 0 Å². The Bertz CT molecular complexity index is 1400. The van der Waals surface area contributed by atoms with Crippen LogP contribution in [-0.4, -0.2) is 25.1 Å². The second-order valence-corrected chi connectivity index (χ2v) is 7.13. The zero-order chi connectivity index (χ0) is 22.3. The van der Waals surface area contributed by atoms with Crippen molar-refractivity contribution in [1.82, 2.24) is 30.1 Å². The molecule has 6 nitrogen and oxygen atoms in total. The molecule has 0 fully saturated rings. The number of benzene rings is 1. The molecule has 168 valence electrons. The van der Waals surface area contributed by atoms with Gasteiger partial charge in [0.05, 0.1) is 28.8 Å². The van der Waals surface area contributed by atoms with Gasteiger partial charge in [-0.3, -0.25) is 15.0 Å². The van der Waals surface area contributed by atoms with Gasteiger partial charge in [0.25, 0.3) is 0 Å². The van der Waals surface area contributed by atoms with E-state index in [1.807, 2.05) is 85.2 Å². The van der Waals surface area contributed by atoms with E-state index in [9.17, 15) is 0 Å². The van der Waals surface area contributed by atoms with E-state index in [4.69, 9.17) is 0 Å². The van der Waals surface area contributed by atoms with E-state index in [2.05, 4.69) is 42.3 Å². The summed E-state index contributed by atoms with van der Waals surface area (Å²) in [5.74, 6) is 0. The van der Waals surface area contributed by atoms with Crippen LogP contribution in [0.1, 0.15) is 0 Å². The van der Waals surface area contributed by atoms with Crippen LogP contribution in [0.5, 0.6) is 0 Å². The number of pyridine rings is 3. The molecule has 0 aliphatic rings. The third-order valence-corrected chi connectivity index (χ3v) is 5.04. The molecule has 5 heterocycles. The number of rotatable bonds is 3. The second-order valence-electron chi connectivity index (χ2n) is 7.13. The van der Waals surface area contributed by atoms with Crippen molar-refractivity contribution in [3.05, 3.63) is 116 Å². The van der Waals surface area contributed by atoms with Gasteiger partial charge in [0.1, 0.15) is 0 Å². The molecule has 0 N–H and O–H groups in total. The minimum atomic E-state index is 0. The molecule has 6 rings (SSSR count). The SMILES string of the molecule is [Cu+].c1ccc(-c2ccccc2-c2ccccn2)nc1.c1ccc(-c2cnnc3cc[n-]c23)nc1.